The quantitative estimate of drug-likeness (QED) is 0.0477. The van der Waals surface area contributed by atoms with Gasteiger partial charge in [-0.05, 0) is 74.2 Å². The summed E-state index contributed by atoms with van der Waals surface area (Å²) in [7, 11) is 0. The van der Waals surface area contributed by atoms with Crippen molar-refractivity contribution in [1.82, 2.24) is 0 Å². The number of hydrogen-bond acceptors (Lipinski definition) is 10. The Bertz CT molecular complexity index is 1700. The molecule has 0 bridgehead atoms. The molecule has 3 heterocycles. The topological polar surface area (TPSA) is 108 Å². The Hall–Kier alpha value is -4.56. The van der Waals surface area contributed by atoms with Crippen molar-refractivity contribution in [2.75, 3.05) is 39.6 Å². The predicted octanol–water partition coefficient (Wildman–Crippen LogP) is 9.46. The van der Waals surface area contributed by atoms with Crippen LogP contribution in [0.15, 0.2) is 48.5 Å². The zero-order chi connectivity index (χ0) is 39.1. The van der Waals surface area contributed by atoms with Gasteiger partial charge in [0.25, 0.3) is 0 Å². The first-order valence-electron chi connectivity index (χ1n) is 18.7. The van der Waals surface area contributed by atoms with Crippen LogP contribution in [-0.2, 0) is 9.47 Å². The smallest absolute Gasteiger partial charge is 0.491 e. The minimum atomic E-state index is -4.20. The summed E-state index contributed by atoms with van der Waals surface area (Å²) >= 11 is 0. The lowest BCUT2D eigenvalue weighted by Gasteiger charge is -2.38. The highest BCUT2D eigenvalue weighted by molar-refractivity contribution is 5.93. The summed E-state index contributed by atoms with van der Waals surface area (Å²) in [6.45, 7) is 8.22. The van der Waals surface area contributed by atoms with Crippen LogP contribution < -0.4 is 28.4 Å². The SMILES string of the molecule is CC1(CCCCCCOc2ccc(C(=O)Oc3ccc(OC(=O)c4ccc(OCCCCCCC5(C)COC5)c(F)c4)c4c3OC(F)(F)O4)cc2F)COC1. The molecule has 298 valence electrons. The molecule has 2 fully saturated rings. The summed E-state index contributed by atoms with van der Waals surface area (Å²) in [5.41, 5.74) is 0.105. The molecule has 0 unspecified atom stereocenters. The molecular weight excluding hydrogens is 728 g/mol. The van der Waals surface area contributed by atoms with Gasteiger partial charge >= 0.3 is 18.2 Å². The van der Waals surface area contributed by atoms with Gasteiger partial charge in [-0.2, -0.15) is 0 Å². The number of unbranched alkanes of at least 4 members (excludes halogenated alkanes) is 6. The van der Waals surface area contributed by atoms with Crippen molar-refractivity contribution in [1.29, 1.82) is 0 Å². The number of esters is 2. The monoisotopic (exact) mass is 774 g/mol. The van der Waals surface area contributed by atoms with E-state index in [1.165, 1.54) is 24.3 Å². The van der Waals surface area contributed by atoms with Crippen molar-refractivity contribution >= 4 is 11.9 Å². The molecule has 6 rings (SSSR count). The van der Waals surface area contributed by atoms with E-state index in [4.69, 9.17) is 28.4 Å². The zero-order valence-corrected chi connectivity index (χ0v) is 31.0. The molecule has 10 nitrogen and oxygen atoms in total. The standard InChI is InChI=1S/C41H46F4O10/c1-39(23-48-24-39)17-7-3-5-9-19-50-31-13-11-27(21-29(31)42)37(46)52-33-15-16-34(36-35(33)54-41(44,45)55-36)53-38(47)28-12-14-32(30(43)22-28)51-20-10-6-4-8-18-40(2)25-49-26-40/h11-16,21-22H,3-10,17-20,23-26H2,1-2H3. The Balaban J connectivity index is 0.985. The lowest BCUT2D eigenvalue weighted by Crippen LogP contribution is -2.39. The molecule has 0 spiro atoms. The molecule has 3 aliphatic rings. The normalized spacial score (nSPS) is 17.1. The first kappa shape index (κ1) is 40.1. The minimum Gasteiger partial charge on any atom is -0.491 e. The van der Waals surface area contributed by atoms with Crippen LogP contribution in [0.5, 0.6) is 34.5 Å². The van der Waals surface area contributed by atoms with Crippen LogP contribution in [0.2, 0.25) is 0 Å². The van der Waals surface area contributed by atoms with E-state index in [2.05, 4.69) is 23.3 Å². The van der Waals surface area contributed by atoms with E-state index < -0.39 is 52.9 Å². The summed E-state index contributed by atoms with van der Waals surface area (Å²) in [5, 5.41) is 0. The Labute approximate surface area is 317 Å². The third-order valence-electron chi connectivity index (χ3n) is 9.89. The van der Waals surface area contributed by atoms with Gasteiger partial charge in [0.2, 0.25) is 11.5 Å². The van der Waals surface area contributed by atoms with Crippen molar-refractivity contribution < 1.29 is 65.0 Å². The number of rotatable bonds is 20. The maximum atomic E-state index is 14.8. The third-order valence-corrected chi connectivity index (χ3v) is 9.89. The summed E-state index contributed by atoms with van der Waals surface area (Å²) in [5.74, 6) is -6.38. The van der Waals surface area contributed by atoms with Gasteiger partial charge in [-0.1, -0.05) is 52.4 Å². The lowest BCUT2D eigenvalue weighted by atomic mass is 9.83. The fourth-order valence-electron chi connectivity index (χ4n) is 6.52. The molecule has 0 saturated carbocycles. The molecule has 0 aromatic heterocycles. The van der Waals surface area contributed by atoms with Gasteiger partial charge in [-0.3, -0.25) is 0 Å². The second-order valence-electron chi connectivity index (χ2n) is 15.1. The molecule has 3 aromatic carbocycles. The van der Waals surface area contributed by atoms with Gasteiger partial charge in [-0.15, -0.1) is 8.78 Å². The molecule has 0 amide bonds. The van der Waals surface area contributed by atoms with Crippen molar-refractivity contribution in [2.24, 2.45) is 10.8 Å². The minimum absolute atomic E-state index is 0.0487. The molecule has 55 heavy (non-hydrogen) atoms. The molecule has 3 aliphatic heterocycles. The van der Waals surface area contributed by atoms with Crippen LogP contribution in [-0.4, -0.2) is 57.9 Å². The molecule has 0 atom stereocenters. The molecule has 0 aliphatic carbocycles. The molecule has 0 radical (unpaired) electrons. The van der Waals surface area contributed by atoms with E-state index in [9.17, 15) is 27.2 Å². The average molecular weight is 775 g/mol. The summed E-state index contributed by atoms with van der Waals surface area (Å²) in [4.78, 5) is 25.8. The van der Waals surface area contributed by atoms with E-state index in [1.807, 2.05) is 0 Å². The van der Waals surface area contributed by atoms with Gasteiger partial charge in [0.15, 0.2) is 34.6 Å². The van der Waals surface area contributed by atoms with Crippen LogP contribution in [0.3, 0.4) is 0 Å². The highest BCUT2D eigenvalue weighted by Crippen LogP contribution is 2.52. The summed E-state index contributed by atoms with van der Waals surface area (Å²) in [6.07, 6.45) is 5.55. The van der Waals surface area contributed by atoms with Crippen molar-refractivity contribution in [3.63, 3.8) is 0 Å². The maximum Gasteiger partial charge on any atom is 0.586 e. The van der Waals surface area contributed by atoms with E-state index in [-0.39, 0.29) is 33.5 Å². The second-order valence-corrected chi connectivity index (χ2v) is 15.1. The molecular formula is C41H46F4O10. The number of carbonyl (C=O) groups excluding carboxylic acids is 2. The number of fused-ring (bicyclic) bond motifs is 1. The number of hydrogen-bond donors (Lipinski definition) is 0. The fourth-order valence-corrected chi connectivity index (χ4v) is 6.52. The van der Waals surface area contributed by atoms with Gasteiger partial charge in [0, 0.05) is 10.8 Å². The van der Waals surface area contributed by atoms with E-state index in [1.54, 1.807) is 0 Å². The Morgan fingerprint density at radius 3 is 1.33 bits per heavy atom. The molecule has 2 saturated heterocycles. The van der Waals surface area contributed by atoms with E-state index in [0.29, 0.717) is 13.2 Å². The highest BCUT2D eigenvalue weighted by Gasteiger charge is 2.47. The van der Waals surface area contributed by atoms with E-state index in [0.717, 1.165) is 115 Å². The van der Waals surface area contributed by atoms with Crippen LogP contribution in [0.1, 0.15) is 98.8 Å². The number of ether oxygens (including phenoxy) is 8. The van der Waals surface area contributed by atoms with E-state index >= 15 is 0 Å². The molecule has 14 heteroatoms. The highest BCUT2D eigenvalue weighted by atomic mass is 19.3. The fraction of sp³-hybridized carbons (Fsp3) is 0.512. The van der Waals surface area contributed by atoms with Gasteiger partial charge < -0.3 is 37.9 Å². The van der Waals surface area contributed by atoms with Crippen LogP contribution in [0.25, 0.3) is 0 Å². The largest absolute Gasteiger partial charge is 0.586 e. The Kier molecular flexibility index (Phi) is 12.8. The van der Waals surface area contributed by atoms with Crippen molar-refractivity contribution in [3.8, 4) is 34.5 Å². The number of benzene rings is 3. The number of carbonyl (C=O) groups is 2. The maximum absolute atomic E-state index is 14.8. The van der Waals surface area contributed by atoms with Gasteiger partial charge in [-0.25, -0.2) is 18.4 Å². The molecule has 3 aromatic rings. The van der Waals surface area contributed by atoms with Crippen LogP contribution in [0, 0.1) is 22.5 Å². The molecule has 0 N–H and O–H groups in total. The number of halogens is 4. The van der Waals surface area contributed by atoms with Crippen LogP contribution >= 0.6 is 0 Å². The number of alkyl halides is 2. The third kappa shape index (κ3) is 10.6. The second kappa shape index (κ2) is 17.5. The van der Waals surface area contributed by atoms with Gasteiger partial charge in [0.1, 0.15) is 0 Å². The average Bonchev–Trinajstić information content (AvgIpc) is 3.46. The van der Waals surface area contributed by atoms with Crippen molar-refractivity contribution in [2.45, 2.75) is 84.4 Å². The summed E-state index contributed by atoms with van der Waals surface area (Å²) in [6, 6.07) is 9.00. The lowest BCUT2D eigenvalue weighted by molar-refractivity contribution is -0.287. The Morgan fingerprint density at radius 2 is 0.964 bits per heavy atom. The summed E-state index contributed by atoms with van der Waals surface area (Å²) < 4.78 is 99.4. The first-order chi connectivity index (χ1) is 26.3. The first-order valence-corrected chi connectivity index (χ1v) is 18.7. The van der Waals surface area contributed by atoms with Gasteiger partial charge in [0.05, 0.1) is 50.8 Å². The van der Waals surface area contributed by atoms with Crippen LogP contribution in [0.4, 0.5) is 17.6 Å². The zero-order valence-electron chi connectivity index (χ0n) is 31.0. The predicted molar refractivity (Wildman–Crippen MR) is 190 cm³/mol. The Morgan fingerprint density at radius 1 is 0.582 bits per heavy atom. The van der Waals surface area contributed by atoms with Crippen molar-refractivity contribution in [3.05, 3.63) is 71.3 Å².